The Hall–Kier alpha value is -2.03. The van der Waals surface area contributed by atoms with E-state index in [1.807, 2.05) is 35.4 Å². The molecular formula is C23H30N2O4S2. The zero-order valence-corrected chi connectivity index (χ0v) is 19.7. The number of carbonyl (C=O) groups is 1. The average molecular weight is 463 g/mol. The van der Waals surface area contributed by atoms with Crippen molar-refractivity contribution < 1.29 is 17.9 Å². The molecule has 8 heteroatoms. The number of nitrogens with one attached hydrogen (secondary N) is 1. The fraction of sp³-hybridized carbons (Fsp3) is 0.435. The SMILES string of the molecule is COc1ccc(CCNS(=O)(=O)c2ccc(SC)c(C(=O)N3CCCCCC3)c2)cc1. The highest BCUT2D eigenvalue weighted by atomic mass is 32.2. The number of ether oxygens (including phenoxy) is 1. The van der Waals surface area contributed by atoms with Gasteiger partial charge in [0.25, 0.3) is 5.91 Å². The monoisotopic (exact) mass is 462 g/mol. The molecule has 2 aromatic carbocycles. The van der Waals surface area contributed by atoms with Crippen molar-refractivity contribution >= 4 is 27.7 Å². The maximum absolute atomic E-state index is 13.1. The third kappa shape index (κ3) is 6.24. The van der Waals surface area contributed by atoms with Crippen molar-refractivity contribution in [2.75, 3.05) is 33.0 Å². The van der Waals surface area contributed by atoms with E-state index in [4.69, 9.17) is 4.74 Å². The number of nitrogens with zero attached hydrogens (tertiary/aromatic N) is 1. The molecule has 6 nitrogen and oxygen atoms in total. The Morgan fingerprint density at radius 2 is 1.74 bits per heavy atom. The maximum Gasteiger partial charge on any atom is 0.255 e. The summed E-state index contributed by atoms with van der Waals surface area (Å²) in [5, 5.41) is 0. The van der Waals surface area contributed by atoms with Crippen LogP contribution in [0.25, 0.3) is 0 Å². The van der Waals surface area contributed by atoms with Gasteiger partial charge in [0, 0.05) is 24.5 Å². The number of hydrogen-bond donors (Lipinski definition) is 1. The van der Waals surface area contributed by atoms with Crippen LogP contribution in [0.15, 0.2) is 52.3 Å². The van der Waals surface area contributed by atoms with E-state index in [-0.39, 0.29) is 17.3 Å². The van der Waals surface area contributed by atoms with Crippen molar-refractivity contribution in [2.45, 2.75) is 41.9 Å². The lowest BCUT2D eigenvalue weighted by Gasteiger charge is -2.22. The molecule has 0 bridgehead atoms. The van der Waals surface area contributed by atoms with E-state index in [0.29, 0.717) is 12.0 Å². The number of hydrogen-bond acceptors (Lipinski definition) is 5. The van der Waals surface area contributed by atoms with Gasteiger partial charge >= 0.3 is 0 Å². The number of rotatable bonds is 8. The van der Waals surface area contributed by atoms with E-state index in [9.17, 15) is 13.2 Å². The van der Waals surface area contributed by atoms with Gasteiger partial charge in [-0.1, -0.05) is 25.0 Å². The fourth-order valence-corrected chi connectivity index (χ4v) is 5.30. The lowest BCUT2D eigenvalue weighted by Crippen LogP contribution is -2.32. The Kier molecular flexibility index (Phi) is 8.40. The first-order valence-corrected chi connectivity index (χ1v) is 13.3. The minimum Gasteiger partial charge on any atom is -0.497 e. The zero-order chi connectivity index (χ0) is 22.3. The summed E-state index contributed by atoms with van der Waals surface area (Å²) in [6.07, 6.45) is 6.70. The summed E-state index contributed by atoms with van der Waals surface area (Å²) in [5.41, 5.74) is 1.48. The van der Waals surface area contributed by atoms with Crippen molar-refractivity contribution in [3.05, 3.63) is 53.6 Å². The lowest BCUT2D eigenvalue weighted by molar-refractivity contribution is 0.0758. The Morgan fingerprint density at radius 3 is 2.35 bits per heavy atom. The van der Waals surface area contributed by atoms with Crippen LogP contribution < -0.4 is 9.46 Å². The largest absolute Gasteiger partial charge is 0.497 e. The van der Waals surface area contributed by atoms with Crippen LogP contribution in [0, 0.1) is 0 Å². The number of carbonyl (C=O) groups excluding carboxylic acids is 1. The number of amides is 1. The van der Waals surface area contributed by atoms with Gasteiger partial charge in [0.1, 0.15) is 5.75 Å². The molecule has 1 amide bonds. The molecule has 1 fully saturated rings. The van der Waals surface area contributed by atoms with Crippen molar-refractivity contribution in [1.29, 1.82) is 0 Å². The molecule has 31 heavy (non-hydrogen) atoms. The fourth-order valence-electron chi connectivity index (χ4n) is 3.67. The van der Waals surface area contributed by atoms with Crippen LogP contribution in [-0.2, 0) is 16.4 Å². The first-order chi connectivity index (χ1) is 14.9. The van der Waals surface area contributed by atoms with Gasteiger partial charge in [0.15, 0.2) is 0 Å². The third-order valence-corrected chi connectivity index (χ3v) is 7.72. The molecule has 1 heterocycles. The molecule has 2 aromatic rings. The van der Waals surface area contributed by atoms with Crippen molar-refractivity contribution in [3.8, 4) is 5.75 Å². The quantitative estimate of drug-likeness (QED) is 0.601. The molecule has 0 aliphatic carbocycles. The minimum absolute atomic E-state index is 0.0819. The highest BCUT2D eigenvalue weighted by Crippen LogP contribution is 2.26. The Morgan fingerprint density at radius 1 is 1.06 bits per heavy atom. The summed E-state index contributed by atoms with van der Waals surface area (Å²) in [6.45, 7) is 1.72. The molecule has 0 saturated carbocycles. The molecule has 1 aliphatic rings. The smallest absolute Gasteiger partial charge is 0.255 e. The number of benzene rings is 2. The predicted octanol–water partition coefficient (Wildman–Crippen LogP) is 3.95. The van der Waals surface area contributed by atoms with Gasteiger partial charge in [-0.15, -0.1) is 11.8 Å². The van der Waals surface area contributed by atoms with Gasteiger partial charge in [-0.2, -0.15) is 0 Å². The molecule has 0 unspecified atom stereocenters. The van der Waals surface area contributed by atoms with E-state index in [2.05, 4.69) is 4.72 Å². The van der Waals surface area contributed by atoms with Gasteiger partial charge in [0.2, 0.25) is 10.0 Å². The molecule has 0 spiro atoms. The second-order valence-electron chi connectivity index (χ2n) is 7.56. The van der Waals surface area contributed by atoms with Gasteiger partial charge in [-0.05, 0) is 61.4 Å². The second-order valence-corrected chi connectivity index (χ2v) is 10.2. The molecular weight excluding hydrogens is 432 g/mol. The first-order valence-electron chi connectivity index (χ1n) is 10.5. The van der Waals surface area contributed by atoms with Crippen LogP contribution in [0.1, 0.15) is 41.6 Å². The summed E-state index contributed by atoms with van der Waals surface area (Å²) >= 11 is 1.46. The first kappa shape index (κ1) is 23.6. The summed E-state index contributed by atoms with van der Waals surface area (Å²) < 4.78 is 33.5. The minimum atomic E-state index is -3.72. The maximum atomic E-state index is 13.1. The van der Waals surface area contributed by atoms with Crippen LogP contribution in [0.3, 0.4) is 0 Å². The summed E-state index contributed by atoms with van der Waals surface area (Å²) in [4.78, 5) is 15.9. The van der Waals surface area contributed by atoms with Crippen LogP contribution in [-0.4, -0.2) is 52.2 Å². The summed E-state index contributed by atoms with van der Waals surface area (Å²) in [5.74, 6) is 0.682. The van der Waals surface area contributed by atoms with E-state index >= 15 is 0 Å². The predicted molar refractivity (Wildman–Crippen MR) is 124 cm³/mol. The van der Waals surface area contributed by atoms with Crippen LogP contribution in [0.2, 0.25) is 0 Å². The molecule has 3 rings (SSSR count). The van der Waals surface area contributed by atoms with E-state index in [0.717, 1.165) is 55.0 Å². The number of methoxy groups -OCH3 is 1. The molecule has 168 valence electrons. The van der Waals surface area contributed by atoms with Gasteiger partial charge in [-0.3, -0.25) is 4.79 Å². The van der Waals surface area contributed by atoms with E-state index in [1.54, 1.807) is 19.2 Å². The second kappa shape index (κ2) is 11.0. The van der Waals surface area contributed by atoms with Crippen molar-refractivity contribution in [2.24, 2.45) is 0 Å². The summed E-state index contributed by atoms with van der Waals surface area (Å²) in [6, 6.07) is 12.4. The van der Waals surface area contributed by atoms with Crippen LogP contribution in [0.4, 0.5) is 0 Å². The average Bonchev–Trinajstić information content (AvgIpc) is 3.08. The van der Waals surface area contributed by atoms with E-state index < -0.39 is 10.0 Å². The number of thioether (sulfide) groups is 1. The van der Waals surface area contributed by atoms with E-state index in [1.165, 1.54) is 17.8 Å². The van der Waals surface area contributed by atoms with Gasteiger partial charge in [0.05, 0.1) is 17.6 Å². The topological polar surface area (TPSA) is 75.7 Å². The van der Waals surface area contributed by atoms with Gasteiger partial charge in [-0.25, -0.2) is 13.1 Å². The lowest BCUT2D eigenvalue weighted by atomic mass is 10.1. The Balaban J connectivity index is 1.72. The third-order valence-electron chi connectivity index (χ3n) is 5.47. The number of sulfonamides is 1. The summed E-state index contributed by atoms with van der Waals surface area (Å²) in [7, 11) is -2.11. The highest BCUT2D eigenvalue weighted by Gasteiger charge is 2.23. The number of likely N-dealkylation sites (tertiary alicyclic amines) is 1. The van der Waals surface area contributed by atoms with Crippen LogP contribution >= 0.6 is 11.8 Å². The molecule has 0 aromatic heterocycles. The molecule has 1 aliphatic heterocycles. The van der Waals surface area contributed by atoms with Crippen molar-refractivity contribution in [1.82, 2.24) is 9.62 Å². The molecule has 0 radical (unpaired) electrons. The van der Waals surface area contributed by atoms with Crippen molar-refractivity contribution in [3.63, 3.8) is 0 Å². The molecule has 0 atom stereocenters. The van der Waals surface area contributed by atoms with Crippen LogP contribution in [0.5, 0.6) is 5.75 Å². The Labute approximate surface area is 189 Å². The normalized spacial score (nSPS) is 14.8. The standard InChI is InChI=1S/C23H30N2O4S2/c1-29-19-9-7-18(8-10-19)13-14-24-31(27,28)20-11-12-22(30-2)21(17-20)23(26)25-15-5-3-4-6-16-25/h7-12,17,24H,3-6,13-16H2,1-2H3. The molecule has 1 N–H and O–H groups in total. The Bertz CT molecular complexity index is 983. The molecule has 1 saturated heterocycles. The van der Waals surface area contributed by atoms with Gasteiger partial charge < -0.3 is 9.64 Å². The zero-order valence-electron chi connectivity index (χ0n) is 18.1. The highest BCUT2D eigenvalue weighted by molar-refractivity contribution is 7.98.